The molecule has 1 saturated heterocycles. The van der Waals surface area contributed by atoms with Crippen molar-refractivity contribution in [1.82, 2.24) is 15.0 Å². The minimum Gasteiger partial charge on any atom is -0.489 e. The molecule has 0 aliphatic carbocycles. The number of anilines is 2. The normalized spacial score (nSPS) is 15.1. The van der Waals surface area contributed by atoms with E-state index in [1.807, 2.05) is 6.92 Å². The van der Waals surface area contributed by atoms with Crippen molar-refractivity contribution < 1.29 is 18.3 Å². The van der Waals surface area contributed by atoms with Crippen molar-refractivity contribution in [3.8, 4) is 5.75 Å². The number of pyridine rings is 1. The largest absolute Gasteiger partial charge is 0.489 e. The predicted molar refractivity (Wildman–Crippen MR) is 117 cm³/mol. The smallest absolute Gasteiger partial charge is 0.159 e. The average Bonchev–Trinajstić information content (AvgIpc) is 2.69. The summed E-state index contributed by atoms with van der Waals surface area (Å²) in [6, 6.07) is 7.93. The second-order valence-corrected chi connectivity index (χ2v) is 8.30. The average molecular weight is 487 g/mol. The van der Waals surface area contributed by atoms with E-state index in [4.69, 9.17) is 9.47 Å². The fourth-order valence-corrected chi connectivity index (χ4v) is 3.94. The molecule has 0 unspecified atom stereocenters. The monoisotopic (exact) mass is 486 g/mol. The van der Waals surface area contributed by atoms with Crippen LogP contribution in [0.2, 0.25) is 0 Å². The maximum atomic E-state index is 15.1. The van der Waals surface area contributed by atoms with Gasteiger partial charge in [0.25, 0.3) is 0 Å². The minimum atomic E-state index is -0.768. The first-order valence-corrected chi connectivity index (χ1v) is 10.5. The molecular weight excluding hydrogens is 470 g/mol. The van der Waals surface area contributed by atoms with Crippen molar-refractivity contribution in [1.29, 1.82) is 0 Å². The van der Waals surface area contributed by atoms with E-state index in [0.717, 1.165) is 4.47 Å². The Kier molecular flexibility index (Phi) is 5.15. The Morgan fingerprint density at radius 1 is 1.16 bits per heavy atom. The van der Waals surface area contributed by atoms with Gasteiger partial charge in [-0.15, -0.1) is 0 Å². The van der Waals surface area contributed by atoms with Gasteiger partial charge in [0.05, 0.1) is 29.6 Å². The molecule has 31 heavy (non-hydrogen) atoms. The van der Waals surface area contributed by atoms with E-state index in [1.165, 1.54) is 18.6 Å². The first-order valence-electron chi connectivity index (χ1n) is 9.69. The van der Waals surface area contributed by atoms with Gasteiger partial charge in [0, 0.05) is 28.0 Å². The van der Waals surface area contributed by atoms with Crippen LogP contribution >= 0.6 is 15.9 Å². The van der Waals surface area contributed by atoms with E-state index in [2.05, 4.69) is 36.2 Å². The molecule has 6 nitrogen and oxygen atoms in total. The highest BCUT2D eigenvalue weighted by molar-refractivity contribution is 9.10. The molecule has 1 N–H and O–H groups in total. The molecule has 0 saturated carbocycles. The summed E-state index contributed by atoms with van der Waals surface area (Å²) < 4.78 is 42.1. The molecule has 1 atom stereocenters. The molecule has 2 aromatic heterocycles. The molecule has 1 aliphatic rings. The van der Waals surface area contributed by atoms with Crippen LogP contribution in [0.15, 0.2) is 47.3 Å². The quantitative estimate of drug-likeness (QED) is 0.408. The van der Waals surface area contributed by atoms with Crippen LogP contribution in [0.5, 0.6) is 5.75 Å². The molecule has 0 radical (unpaired) electrons. The first kappa shape index (κ1) is 20.0. The van der Waals surface area contributed by atoms with Gasteiger partial charge in [-0.05, 0) is 31.2 Å². The molecule has 0 spiro atoms. The van der Waals surface area contributed by atoms with Gasteiger partial charge in [-0.2, -0.15) is 0 Å². The zero-order valence-corrected chi connectivity index (χ0v) is 18.0. The third-order valence-corrected chi connectivity index (χ3v) is 5.81. The second kappa shape index (κ2) is 7.97. The van der Waals surface area contributed by atoms with Crippen LogP contribution in [-0.2, 0) is 4.74 Å². The Morgan fingerprint density at radius 2 is 2.00 bits per heavy atom. The highest BCUT2D eigenvalue weighted by Crippen LogP contribution is 2.37. The fraction of sp³-hybridized carbons (Fsp3) is 0.227. The molecule has 1 fully saturated rings. The molecule has 5 rings (SSSR count). The van der Waals surface area contributed by atoms with Crippen molar-refractivity contribution >= 4 is 49.2 Å². The number of halogens is 3. The summed E-state index contributed by atoms with van der Waals surface area (Å²) in [6.45, 7) is 3.24. The van der Waals surface area contributed by atoms with Crippen molar-refractivity contribution in [3.05, 3.63) is 59.0 Å². The van der Waals surface area contributed by atoms with Gasteiger partial charge in [-0.1, -0.05) is 15.9 Å². The lowest BCUT2D eigenvalue weighted by molar-refractivity contribution is -0.0773. The van der Waals surface area contributed by atoms with E-state index in [1.54, 1.807) is 24.3 Å². The van der Waals surface area contributed by atoms with Crippen LogP contribution in [0.25, 0.3) is 21.8 Å². The van der Waals surface area contributed by atoms with Gasteiger partial charge < -0.3 is 14.8 Å². The summed E-state index contributed by atoms with van der Waals surface area (Å²) in [7, 11) is 0. The lowest BCUT2D eigenvalue weighted by Crippen LogP contribution is -2.39. The van der Waals surface area contributed by atoms with Crippen LogP contribution in [0.3, 0.4) is 0 Å². The van der Waals surface area contributed by atoms with Gasteiger partial charge in [0.1, 0.15) is 29.7 Å². The van der Waals surface area contributed by atoms with Crippen LogP contribution in [-0.4, -0.2) is 34.3 Å². The van der Waals surface area contributed by atoms with Gasteiger partial charge in [0.2, 0.25) is 0 Å². The Morgan fingerprint density at radius 3 is 2.77 bits per heavy atom. The van der Waals surface area contributed by atoms with Crippen molar-refractivity contribution in [3.63, 3.8) is 0 Å². The number of hydrogen-bond donors (Lipinski definition) is 1. The number of ether oxygens (including phenoxy) is 2. The maximum Gasteiger partial charge on any atom is 0.159 e. The lowest BCUT2D eigenvalue weighted by atomic mass is 10.0. The topological polar surface area (TPSA) is 69.2 Å². The van der Waals surface area contributed by atoms with Crippen LogP contribution in [0.1, 0.15) is 6.92 Å². The third-order valence-electron chi connectivity index (χ3n) is 5.35. The maximum absolute atomic E-state index is 15.1. The van der Waals surface area contributed by atoms with Crippen LogP contribution in [0, 0.1) is 17.6 Å². The SMILES string of the molecule is C[C@@H](Oc1cc(Br)cc2ncnc(Nc3c(F)cc4ncccc4c3F)c12)C1COC1. The zero-order valence-electron chi connectivity index (χ0n) is 16.4. The number of hydrogen-bond acceptors (Lipinski definition) is 6. The Bertz CT molecular complexity index is 1300. The summed E-state index contributed by atoms with van der Waals surface area (Å²) in [5.41, 5.74) is 0.497. The highest BCUT2D eigenvalue weighted by atomic mass is 79.9. The number of fused-ring (bicyclic) bond motifs is 2. The molecule has 0 amide bonds. The summed E-state index contributed by atoms with van der Waals surface area (Å²) in [5.74, 6) is -0.483. The van der Waals surface area contributed by atoms with Crippen molar-refractivity contribution in [2.75, 3.05) is 18.5 Å². The van der Waals surface area contributed by atoms with E-state index >= 15 is 4.39 Å². The van der Waals surface area contributed by atoms with Crippen molar-refractivity contribution in [2.45, 2.75) is 13.0 Å². The van der Waals surface area contributed by atoms with Crippen LogP contribution in [0.4, 0.5) is 20.3 Å². The Balaban J connectivity index is 1.61. The Labute approximate surface area is 184 Å². The van der Waals surface area contributed by atoms with E-state index < -0.39 is 11.6 Å². The van der Waals surface area contributed by atoms with Gasteiger partial charge >= 0.3 is 0 Å². The molecule has 3 heterocycles. The molecule has 158 valence electrons. The fourth-order valence-electron chi connectivity index (χ4n) is 3.51. The number of rotatable bonds is 5. The molecule has 9 heteroatoms. The van der Waals surface area contributed by atoms with E-state index in [9.17, 15) is 4.39 Å². The van der Waals surface area contributed by atoms with Gasteiger partial charge in [-0.3, -0.25) is 4.98 Å². The molecule has 0 bridgehead atoms. The van der Waals surface area contributed by atoms with E-state index in [0.29, 0.717) is 29.9 Å². The second-order valence-electron chi connectivity index (χ2n) is 7.38. The standard InChI is InChI=1S/C22H17BrF2N4O2/c1-11(12-8-30-9-12)31-18-6-13(23)5-17-19(18)22(28-10-27-17)29-21-15(24)7-16-14(20(21)25)3-2-4-26-16/h2-7,10-12H,8-9H2,1H3,(H,27,28,29)/t11-/m1/s1. The summed E-state index contributed by atoms with van der Waals surface area (Å²) in [4.78, 5) is 12.6. The summed E-state index contributed by atoms with van der Waals surface area (Å²) in [6.07, 6.45) is 2.71. The first-order chi connectivity index (χ1) is 15.0. The Hall–Kier alpha value is -2.91. The predicted octanol–water partition coefficient (Wildman–Crippen LogP) is 5.38. The number of aromatic nitrogens is 3. The van der Waals surface area contributed by atoms with Gasteiger partial charge in [0.15, 0.2) is 11.6 Å². The molecule has 1 aliphatic heterocycles. The van der Waals surface area contributed by atoms with Crippen LogP contribution < -0.4 is 10.1 Å². The number of benzene rings is 2. The molecular formula is C22H17BrF2N4O2. The third kappa shape index (κ3) is 3.68. The summed E-state index contributed by atoms with van der Waals surface area (Å²) >= 11 is 3.47. The molecule has 4 aromatic rings. The highest BCUT2D eigenvalue weighted by Gasteiger charge is 2.28. The van der Waals surface area contributed by atoms with Crippen molar-refractivity contribution in [2.24, 2.45) is 5.92 Å². The van der Waals surface area contributed by atoms with Gasteiger partial charge in [-0.25, -0.2) is 18.7 Å². The lowest BCUT2D eigenvalue weighted by Gasteiger charge is -2.32. The minimum absolute atomic E-state index is 0.112. The summed E-state index contributed by atoms with van der Waals surface area (Å²) in [5, 5.41) is 3.56. The molecule has 2 aromatic carbocycles. The number of nitrogens with zero attached hydrogens (tertiary/aromatic N) is 3. The number of nitrogens with one attached hydrogen (secondary N) is 1. The van der Waals surface area contributed by atoms with E-state index in [-0.39, 0.29) is 34.4 Å². The zero-order chi connectivity index (χ0) is 21.5.